The lowest BCUT2D eigenvalue weighted by Gasteiger charge is -2.47. The Kier molecular flexibility index (Phi) is 17.3. The number of carbonyl (C=O) groups is 2. The van der Waals surface area contributed by atoms with Crippen molar-refractivity contribution in [3.05, 3.63) is 11.3 Å². The van der Waals surface area contributed by atoms with E-state index in [2.05, 4.69) is 29.1 Å². The lowest BCUT2D eigenvalue weighted by molar-refractivity contribution is -0.152. The van der Waals surface area contributed by atoms with Crippen LogP contribution in [0.2, 0.25) is 0 Å². The average molecular weight is 768 g/mol. The Hall–Kier alpha value is -3.51. The standard InChI is InChI=1S/C42H73N9O4/c1-3-4-5-6-8-11-14-20-31-29-32-23-24-35-36(30(2)47-42(48-31)51(32)35)38(52)54-27-17-13-10-7-9-12-15-21-33-37(34-22-19-26-50(34)41(45)49-33)39(53)55-28-18-16-25-46-40(43)44/h30-33,35-36H,3-29H2,1-2H3,(H2,45,49)(H,47,48)(H4,43,44,46)/t30-,31+,32-,33?,35+,36+/m0/s1. The van der Waals surface area contributed by atoms with Crippen molar-refractivity contribution >= 4 is 29.8 Å². The molecule has 5 heterocycles. The van der Waals surface area contributed by atoms with Gasteiger partial charge in [0.1, 0.15) is 0 Å². The van der Waals surface area contributed by atoms with Gasteiger partial charge >= 0.3 is 11.9 Å². The van der Waals surface area contributed by atoms with Gasteiger partial charge in [0.15, 0.2) is 17.9 Å². The van der Waals surface area contributed by atoms with E-state index >= 15 is 0 Å². The Balaban J connectivity index is 0.945. The molecular weight excluding hydrogens is 695 g/mol. The van der Waals surface area contributed by atoms with E-state index in [9.17, 15) is 9.59 Å². The van der Waals surface area contributed by atoms with Gasteiger partial charge in [-0.2, -0.15) is 0 Å². The van der Waals surface area contributed by atoms with Crippen LogP contribution in [-0.4, -0.2) is 96.1 Å². The Morgan fingerprint density at radius 2 is 1.53 bits per heavy atom. The monoisotopic (exact) mass is 768 g/mol. The van der Waals surface area contributed by atoms with Gasteiger partial charge in [-0.15, -0.1) is 0 Å². The number of hydrogen-bond donors (Lipinski definition) is 4. The van der Waals surface area contributed by atoms with Gasteiger partial charge in [0.05, 0.1) is 36.8 Å². The lowest BCUT2D eigenvalue weighted by Crippen LogP contribution is -2.65. The van der Waals surface area contributed by atoms with Gasteiger partial charge in [0.2, 0.25) is 0 Å². The van der Waals surface area contributed by atoms with Crippen LogP contribution in [0.25, 0.3) is 0 Å². The van der Waals surface area contributed by atoms with Gasteiger partial charge in [-0.25, -0.2) is 14.8 Å². The third kappa shape index (κ3) is 12.2. The van der Waals surface area contributed by atoms with Crippen LogP contribution >= 0.6 is 0 Å². The number of fused-ring (bicyclic) bond motifs is 1. The van der Waals surface area contributed by atoms with E-state index in [1.54, 1.807) is 0 Å². The number of nitrogens with zero attached hydrogens (tertiary/aromatic N) is 5. The number of esters is 2. The van der Waals surface area contributed by atoms with Gasteiger partial charge in [-0.05, 0) is 71.1 Å². The van der Waals surface area contributed by atoms with Crippen molar-refractivity contribution < 1.29 is 19.1 Å². The zero-order chi connectivity index (χ0) is 39.0. The number of hydrogen-bond acceptors (Lipinski definition) is 11. The fraction of sp³-hybridized carbons (Fsp3) is 0.833. The first-order valence-electron chi connectivity index (χ1n) is 22.1. The maximum atomic E-state index is 13.4. The molecule has 0 aromatic heterocycles. The topological polar surface area (TPSA) is 186 Å². The normalized spacial score (nSPS) is 25.5. The lowest BCUT2D eigenvalue weighted by atomic mass is 9.89. The molecule has 0 aromatic rings. The number of allylic oxidation sites excluding steroid dienone is 1. The molecule has 0 radical (unpaired) electrons. The summed E-state index contributed by atoms with van der Waals surface area (Å²) in [5.41, 5.74) is 18.8. The molecule has 1 unspecified atom stereocenters. The van der Waals surface area contributed by atoms with Crippen molar-refractivity contribution in [2.75, 3.05) is 26.3 Å². The summed E-state index contributed by atoms with van der Waals surface area (Å²) < 4.78 is 11.6. The van der Waals surface area contributed by atoms with Crippen molar-refractivity contribution in [2.24, 2.45) is 38.1 Å². The zero-order valence-electron chi connectivity index (χ0n) is 34.2. The van der Waals surface area contributed by atoms with Crippen molar-refractivity contribution in [2.45, 2.75) is 192 Å². The van der Waals surface area contributed by atoms with Crippen LogP contribution in [-0.2, 0) is 19.1 Å². The minimum absolute atomic E-state index is 0.0298. The molecule has 0 aromatic carbocycles. The second-order valence-electron chi connectivity index (χ2n) is 16.6. The molecule has 55 heavy (non-hydrogen) atoms. The molecule has 5 rings (SSSR count). The summed E-state index contributed by atoms with van der Waals surface area (Å²) in [5, 5.41) is 3.62. The number of unbranched alkanes of at least 4 members (excludes halogenated alkanes) is 13. The van der Waals surface area contributed by atoms with Gasteiger partial charge < -0.3 is 41.8 Å². The molecule has 0 saturated carbocycles. The summed E-state index contributed by atoms with van der Waals surface area (Å²) in [6, 6.07) is 0.876. The van der Waals surface area contributed by atoms with Crippen LogP contribution in [0.15, 0.2) is 26.2 Å². The summed E-state index contributed by atoms with van der Waals surface area (Å²) in [6.45, 7) is 6.52. The van der Waals surface area contributed by atoms with E-state index in [0.29, 0.717) is 49.8 Å². The van der Waals surface area contributed by atoms with E-state index in [0.717, 1.165) is 108 Å². The number of nitrogens with one attached hydrogen (secondary N) is 1. The first-order valence-corrected chi connectivity index (χ1v) is 22.1. The zero-order valence-corrected chi connectivity index (χ0v) is 34.2. The summed E-state index contributed by atoms with van der Waals surface area (Å²) in [7, 11) is 0. The molecule has 0 aliphatic carbocycles. The highest BCUT2D eigenvalue weighted by atomic mass is 16.5. The molecule has 13 nitrogen and oxygen atoms in total. The highest BCUT2D eigenvalue weighted by Gasteiger charge is 2.51. The highest BCUT2D eigenvalue weighted by molar-refractivity contribution is 5.95. The van der Waals surface area contributed by atoms with Gasteiger partial charge in [-0.3, -0.25) is 9.79 Å². The van der Waals surface area contributed by atoms with Gasteiger partial charge in [-0.1, -0.05) is 90.4 Å². The number of aliphatic imine (C=N–C) groups is 3. The van der Waals surface area contributed by atoms with Crippen molar-refractivity contribution in [1.82, 2.24) is 15.1 Å². The van der Waals surface area contributed by atoms with E-state index in [1.807, 2.05) is 4.90 Å². The molecule has 0 spiro atoms. The Morgan fingerprint density at radius 3 is 2.27 bits per heavy atom. The van der Waals surface area contributed by atoms with Crippen LogP contribution in [0.1, 0.15) is 162 Å². The fourth-order valence-electron chi connectivity index (χ4n) is 9.47. The Bertz CT molecular complexity index is 1360. The molecule has 0 bridgehead atoms. The van der Waals surface area contributed by atoms with E-state index in [1.165, 1.54) is 51.4 Å². The summed E-state index contributed by atoms with van der Waals surface area (Å²) in [6.07, 6.45) is 25.2. The second kappa shape index (κ2) is 22.3. The fourth-order valence-corrected chi connectivity index (χ4v) is 9.47. The van der Waals surface area contributed by atoms with Crippen molar-refractivity contribution in [1.29, 1.82) is 0 Å². The van der Waals surface area contributed by atoms with E-state index in [-0.39, 0.29) is 41.9 Å². The molecule has 5 aliphatic rings. The third-order valence-electron chi connectivity index (χ3n) is 12.4. The first-order chi connectivity index (χ1) is 26.8. The maximum Gasteiger partial charge on any atom is 0.337 e. The van der Waals surface area contributed by atoms with E-state index < -0.39 is 0 Å². The predicted octanol–water partition coefficient (Wildman–Crippen LogP) is 6.00. The minimum atomic E-state index is -0.278. The SMILES string of the molecule is CCCCCCCCC[C@@H]1C[C@@H]2CC[C@@H]3[C@H](C(=O)OCCCCCCCCCC4N=C(N)N5CCCC5=C4C(=O)OCCCCN=C(N)N)[C@H](C)NC(=N1)N23. The van der Waals surface area contributed by atoms with Crippen LogP contribution in [0.3, 0.4) is 0 Å². The highest BCUT2D eigenvalue weighted by Crippen LogP contribution is 2.40. The van der Waals surface area contributed by atoms with Crippen LogP contribution in [0, 0.1) is 5.92 Å². The number of guanidine groups is 3. The summed E-state index contributed by atoms with van der Waals surface area (Å²) in [4.78, 5) is 45.0. The maximum absolute atomic E-state index is 13.4. The Labute approximate surface area is 330 Å². The number of rotatable bonds is 25. The smallest absolute Gasteiger partial charge is 0.337 e. The number of nitrogens with two attached hydrogens (primary N) is 3. The van der Waals surface area contributed by atoms with Crippen LogP contribution in [0.5, 0.6) is 0 Å². The Morgan fingerprint density at radius 1 is 0.855 bits per heavy atom. The molecule has 6 atom stereocenters. The van der Waals surface area contributed by atoms with Crippen molar-refractivity contribution in [3.63, 3.8) is 0 Å². The van der Waals surface area contributed by atoms with E-state index in [4.69, 9.17) is 36.7 Å². The molecule has 13 heteroatoms. The third-order valence-corrected chi connectivity index (χ3v) is 12.4. The van der Waals surface area contributed by atoms with Crippen LogP contribution in [0.4, 0.5) is 0 Å². The molecule has 7 N–H and O–H groups in total. The second-order valence-corrected chi connectivity index (χ2v) is 16.6. The van der Waals surface area contributed by atoms with Gasteiger partial charge in [0, 0.05) is 36.9 Å². The van der Waals surface area contributed by atoms with Crippen molar-refractivity contribution in [3.8, 4) is 0 Å². The molecule has 3 fully saturated rings. The average Bonchev–Trinajstić information content (AvgIpc) is 3.82. The molecule has 3 saturated heterocycles. The van der Waals surface area contributed by atoms with Gasteiger partial charge in [0.25, 0.3) is 0 Å². The summed E-state index contributed by atoms with van der Waals surface area (Å²) in [5.74, 6) is 1.14. The van der Waals surface area contributed by atoms with Crippen LogP contribution < -0.4 is 22.5 Å². The number of ether oxygens (including phenoxy) is 2. The molecule has 0 amide bonds. The largest absolute Gasteiger partial charge is 0.465 e. The molecule has 5 aliphatic heterocycles. The summed E-state index contributed by atoms with van der Waals surface area (Å²) >= 11 is 0. The number of carbonyl (C=O) groups excluding carboxylic acids is 2. The minimum Gasteiger partial charge on any atom is -0.465 e. The first kappa shape index (κ1) is 42.6. The quantitative estimate of drug-likeness (QED) is 0.0372. The molecular formula is C42H73N9O4. The molecule has 310 valence electrons. The predicted molar refractivity (Wildman–Crippen MR) is 220 cm³/mol.